The van der Waals surface area contributed by atoms with Crippen molar-refractivity contribution in [3.63, 3.8) is 0 Å². The van der Waals surface area contributed by atoms with E-state index < -0.39 is 11.7 Å². The number of halogens is 3. The molecule has 3 rings (SSSR count). The van der Waals surface area contributed by atoms with E-state index in [1.54, 1.807) is 0 Å². The molecule has 2 aliphatic rings. The molecule has 1 saturated carbocycles. The van der Waals surface area contributed by atoms with Gasteiger partial charge >= 0.3 is 6.18 Å². The molecule has 2 fully saturated rings. The van der Waals surface area contributed by atoms with Crippen molar-refractivity contribution in [1.29, 1.82) is 0 Å². The molecule has 1 aromatic rings. The van der Waals surface area contributed by atoms with Crippen LogP contribution in [-0.4, -0.2) is 24.7 Å². The van der Waals surface area contributed by atoms with Gasteiger partial charge in [0.1, 0.15) is 5.56 Å². The van der Waals surface area contributed by atoms with Gasteiger partial charge in [-0.3, -0.25) is 0 Å². The Bertz CT molecular complexity index is 439. The lowest BCUT2D eigenvalue weighted by Gasteiger charge is -2.13. The summed E-state index contributed by atoms with van der Waals surface area (Å²) in [5, 5.41) is 3.23. The summed E-state index contributed by atoms with van der Waals surface area (Å²) in [5.41, 5.74) is -0.797. The number of nitrogens with zero attached hydrogens (tertiary/aromatic N) is 1. The number of fused-ring (bicyclic) bond motifs is 1. The van der Waals surface area contributed by atoms with Gasteiger partial charge in [0, 0.05) is 12.1 Å². The number of hydrogen-bond acceptors (Lipinski definition) is 3. The molecule has 2 heterocycles. The van der Waals surface area contributed by atoms with Crippen LogP contribution in [0.4, 0.5) is 13.2 Å². The molecule has 1 aliphatic heterocycles. The summed E-state index contributed by atoms with van der Waals surface area (Å²) >= 11 is 0. The van der Waals surface area contributed by atoms with E-state index in [-0.39, 0.29) is 5.88 Å². The van der Waals surface area contributed by atoms with Gasteiger partial charge in [0.2, 0.25) is 5.88 Å². The van der Waals surface area contributed by atoms with Crippen molar-refractivity contribution in [3.8, 4) is 5.88 Å². The Morgan fingerprint density at radius 3 is 2.72 bits per heavy atom. The van der Waals surface area contributed by atoms with E-state index >= 15 is 0 Å². The van der Waals surface area contributed by atoms with Gasteiger partial charge in [0.15, 0.2) is 0 Å². The number of aromatic nitrogens is 1. The first-order chi connectivity index (χ1) is 8.57. The van der Waals surface area contributed by atoms with Crippen LogP contribution in [0, 0.1) is 17.8 Å². The molecule has 0 radical (unpaired) electrons. The molecule has 1 aromatic heterocycles. The second-order valence-electron chi connectivity index (χ2n) is 4.81. The van der Waals surface area contributed by atoms with Crippen LogP contribution in [0.3, 0.4) is 0 Å². The van der Waals surface area contributed by atoms with Gasteiger partial charge in [-0.15, -0.1) is 0 Å². The Balaban J connectivity index is 1.66. The van der Waals surface area contributed by atoms with E-state index in [2.05, 4.69) is 10.3 Å². The normalized spacial score (nSPS) is 30.1. The third-order valence-corrected chi connectivity index (χ3v) is 3.76. The SMILES string of the molecule is FC(F)(F)c1cccnc1OCC1[C@H]2CNC[C@@H]12. The van der Waals surface area contributed by atoms with Crippen molar-refractivity contribution in [3.05, 3.63) is 23.9 Å². The van der Waals surface area contributed by atoms with Gasteiger partial charge in [-0.05, 0) is 37.1 Å². The largest absolute Gasteiger partial charge is 0.477 e. The highest BCUT2D eigenvalue weighted by Gasteiger charge is 2.53. The highest BCUT2D eigenvalue weighted by molar-refractivity contribution is 5.28. The average molecular weight is 258 g/mol. The Kier molecular flexibility index (Phi) is 2.69. The second kappa shape index (κ2) is 4.12. The Morgan fingerprint density at radius 1 is 1.33 bits per heavy atom. The fourth-order valence-corrected chi connectivity index (χ4v) is 2.69. The summed E-state index contributed by atoms with van der Waals surface area (Å²) in [6.07, 6.45) is -3.09. The van der Waals surface area contributed by atoms with Crippen LogP contribution in [0.25, 0.3) is 0 Å². The highest BCUT2D eigenvalue weighted by Crippen LogP contribution is 2.48. The van der Waals surface area contributed by atoms with Crippen LogP contribution in [0.5, 0.6) is 5.88 Å². The fourth-order valence-electron chi connectivity index (χ4n) is 2.69. The first-order valence-corrected chi connectivity index (χ1v) is 5.93. The van der Waals surface area contributed by atoms with Crippen molar-refractivity contribution in [1.82, 2.24) is 10.3 Å². The summed E-state index contributed by atoms with van der Waals surface area (Å²) in [4.78, 5) is 3.68. The van der Waals surface area contributed by atoms with Crippen molar-refractivity contribution in [2.45, 2.75) is 6.18 Å². The number of rotatable bonds is 3. The molecular weight excluding hydrogens is 245 g/mol. The van der Waals surface area contributed by atoms with E-state index in [0.29, 0.717) is 24.4 Å². The molecule has 6 heteroatoms. The molecular formula is C12H13F3N2O. The molecule has 3 atom stereocenters. The molecule has 0 bridgehead atoms. The number of alkyl halides is 3. The lowest BCUT2D eigenvalue weighted by Crippen LogP contribution is -2.18. The summed E-state index contributed by atoms with van der Waals surface area (Å²) in [7, 11) is 0. The van der Waals surface area contributed by atoms with Gasteiger partial charge in [-0.25, -0.2) is 4.98 Å². The predicted molar refractivity (Wildman–Crippen MR) is 58.1 cm³/mol. The zero-order chi connectivity index (χ0) is 12.8. The van der Waals surface area contributed by atoms with Gasteiger partial charge in [-0.2, -0.15) is 13.2 Å². The van der Waals surface area contributed by atoms with E-state index in [1.807, 2.05) is 0 Å². The molecule has 1 aliphatic carbocycles. The molecule has 98 valence electrons. The van der Waals surface area contributed by atoms with Gasteiger partial charge in [0.05, 0.1) is 6.61 Å². The quantitative estimate of drug-likeness (QED) is 0.899. The minimum absolute atomic E-state index is 0.303. The molecule has 0 aromatic carbocycles. The minimum atomic E-state index is -4.41. The Morgan fingerprint density at radius 2 is 2.06 bits per heavy atom. The Hall–Kier alpha value is -1.30. The van der Waals surface area contributed by atoms with E-state index in [1.165, 1.54) is 12.3 Å². The first kappa shape index (κ1) is 11.8. The zero-order valence-corrected chi connectivity index (χ0v) is 9.57. The first-order valence-electron chi connectivity index (χ1n) is 5.93. The summed E-state index contributed by atoms with van der Waals surface area (Å²) in [6.45, 7) is 2.23. The van der Waals surface area contributed by atoms with Crippen LogP contribution in [0.15, 0.2) is 18.3 Å². The zero-order valence-electron chi connectivity index (χ0n) is 9.57. The lowest BCUT2D eigenvalue weighted by atomic mass is 10.2. The number of nitrogens with one attached hydrogen (secondary N) is 1. The maximum atomic E-state index is 12.7. The number of piperidine rings is 1. The van der Waals surface area contributed by atoms with Crippen LogP contribution in [0.1, 0.15) is 5.56 Å². The highest BCUT2D eigenvalue weighted by atomic mass is 19.4. The van der Waals surface area contributed by atoms with Crippen LogP contribution >= 0.6 is 0 Å². The molecule has 1 unspecified atom stereocenters. The van der Waals surface area contributed by atoms with Crippen molar-refractivity contribution in [2.24, 2.45) is 17.8 Å². The number of hydrogen-bond donors (Lipinski definition) is 1. The minimum Gasteiger partial charge on any atom is -0.477 e. The molecule has 1 saturated heterocycles. The van der Waals surface area contributed by atoms with Crippen molar-refractivity contribution < 1.29 is 17.9 Å². The Labute approximate surface area is 102 Å². The third-order valence-electron chi connectivity index (χ3n) is 3.76. The van der Waals surface area contributed by atoms with Crippen LogP contribution in [0.2, 0.25) is 0 Å². The predicted octanol–water partition coefficient (Wildman–Crippen LogP) is 1.94. The maximum absolute atomic E-state index is 12.7. The summed E-state index contributed by atoms with van der Waals surface area (Å²) in [5.74, 6) is 1.23. The molecule has 3 nitrogen and oxygen atoms in total. The topological polar surface area (TPSA) is 34.1 Å². The lowest BCUT2D eigenvalue weighted by molar-refractivity contribution is -0.139. The smallest absolute Gasteiger partial charge is 0.421 e. The van der Waals surface area contributed by atoms with Gasteiger partial charge < -0.3 is 10.1 Å². The number of ether oxygens (including phenoxy) is 1. The maximum Gasteiger partial charge on any atom is 0.421 e. The van der Waals surface area contributed by atoms with Gasteiger partial charge in [0.25, 0.3) is 0 Å². The standard InChI is InChI=1S/C12H13F3N2O/c13-12(14,15)10-2-1-3-17-11(10)18-6-9-7-4-16-5-8(7)9/h1-3,7-9,16H,4-6H2/t7-,8+,9?. The average Bonchev–Trinajstić information content (AvgIpc) is 2.77. The van der Waals surface area contributed by atoms with Gasteiger partial charge in [-0.1, -0.05) is 0 Å². The third kappa shape index (κ3) is 2.05. The summed E-state index contributed by atoms with van der Waals surface area (Å²) < 4.78 is 43.3. The van der Waals surface area contributed by atoms with E-state index in [0.717, 1.165) is 19.2 Å². The second-order valence-corrected chi connectivity index (χ2v) is 4.81. The van der Waals surface area contributed by atoms with E-state index in [9.17, 15) is 13.2 Å². The molecule has 18 heavy (non-hydrogen) atoms. The van der Waals surface area contributed by atoms with Crippen molar-refractivity contribution >= 4 is 0 Å². The van der Waals surface area contributed by atoms with Crippen molar-refractivity contribution in [2.75, 3.05) is 19.7 Å². The fraction of sp³-hybridized carbons (Fsp3) is 0.583. The number of pyridine rings is 1. The summed E-state index contributed by atoms with van der Waals surface area (Å²) in [6, 6.07) is 2.27. The molecule has 0 spiro atoms. The molecule has 1 N–H and O–H groups in total. The van der Waals surface area contributed by atoms with Crippen LogP contribution in [-0.2, 0) is 6.18 Å². The monoisotopic (exact) mass is 258 g/mol. The van der Waals surface area contributed by atoms with Crippen LogP contribution < -0.4 is 10.1 Å². The molecule has 0 amide bonds. The van der Waals surface area contributed by atoms with E-state index in [4.69, 9.17) is 4.74 Å².